The van der Waals surface area contributed by atoms with Crippen LogP contribution < -0.4 is 5.32 Å². The summed E-state index contributed by atoms with van der Waals surface area (Å²) in [4.78, 5) is 16.8. The van der Waals surface area contributed by atoms with Crippen LogP contribution in [0.2, 0.25) is 0 Å². The Morgan fingerprint density at radius 1 is 1.35 bits per heavy atom. The average molecular weight is 239 g/mol. The number of nitrogens with zero attached hydrogens (tertiary/aromatic N) is 2. The van der Waals surface area contributed by atoms with Gasteiger partial charge < -0.3 is 10.2 Å². The van der Waals surface area contributed by atoms with E-state index in [2.05, 4.69) is 29.0 Å². The Kier molecular flexibility index (Phi) is 4.40. The zero-order chi connectivity index (χ0) is 12.3. The molecule has 2 fully saturated rings. The molecule has 17 heavy (non-hydrogen) atoms. The molecule has 1 unspecified atom stereocenters. The molecule has 2 rings (SSSR count). The van der Waals surface area contributed by atoms with Crippen molar-refractivity contribution >= 4 is 5.91 Å². The minimum Gasteiger partial charge on any atom is -0.340 e. The Hall–Kier alpha value is -0.610. The maximum absolute atomic E-state index is 12.2. The third-order valence-electron chi connectivity index (χ3n) is 4.16. The van der Waals surface area contributed by atoms with Gasteiger partial charge >= 0.3 is 0 Å². The number of hydrogen-bond donors (Lipinski definition) is 1. The second kappa shape index (κ2) is 5.83. The van der Waals surface area contributed by atoms with Gasteiger partial charge in [-0.15, -0.1) is 0 Å². The second-order valence-corrected chi connectivity index (χ2v) is 5.10. The van der Waals surface area contributed by atoms with Crippen molar-refractivity contribution in [2.24, 2.45) is 0 Å². The highest BCUT2D eigenvalue weighted by molar-refractivity contribution is 5.82. The van der Waals surface area contributed by atoms with Crippen molar-refractivity contribution in [1.82, 2.24) is 15.1 Å². The first-order valence-electron chi connectivity index (χ1n) is 7.02. The van der Waals surface area contributed by atoms with Crippen molar-refractivity contribution in [3.8, 4) is 0 Å². The summed E-state index contributed by atoms with van der Waals surface area (Å²) >= 11 is 0. The fraction of sp³-hybridized carbons (Fsp3) is 0.923. The van der Waals surface area contributed by atoms with Gasteiger partial charge in [0.2, 0.25) is 5.91 Å². The highest BCUT2D eigenvalue weighted by Crippen LogP contribution is 2.18. The van der Waals surface area contributed by atoms with Gasteiger partial charge in [0.15, 0.2) is 0 Å². The van der Waals surface area contributed by atoms with Crippen molar-refractivity contribution in [3.63, 3.8) is 0 Å². The Bertz CT molecular complexity index is 259. The maximum Gasteiger partial charge on any atom is 0.239 e. The van der Waals surface area contributed by atoms with E-state index in [1.807, 2.05) is 0 Å². The van der Waals surface area contributed by atoms with Gasteiger partial charge in [0, 0.05) is 19.1 Å². The third kappa shape index (κ3) is 2.80. The van der Waals surface area contributed by atoms with Gasteiger partial charge in [0.25, 0.3) is 0 Å². The molecule has 4 nitrogen and oxygen atoms in total. The summed E-state index contributed by atoms with van der Waals surface area (Å²) in [6, 6.07) is 0.681. The lowest BCUT2D eigenvalue weighted by atomic mass is 10.2. The van der Waals surface area contributed by atoms with Crippen LogP contribution in [0.25, 0.3) is 0 Å². The van der Waals surface area contributed by atoms with Crippen molar-refractivity contribution in [1.29, 1.82) is 0 Å². The quantitative estimate of drug-likeness (QED) is 0.784. The summed E-state index contributed by atoms with van der Waals surface area (Å²) in [6.07, 6.45) is 3.30. The summed E-state index contributed by atoms with van der Waals surface area (Å²) in [5.74, 6) is 0.331. The first kappa shape index (κ1) is 12.8. The molecule has 0 aromatic carbocycles. The second-order valence-electron chi connectivity index (χ2n) is 5.10. The Balaban J connectivity index is 1.86. The highest BCUT2D eigenvalue weighted by Gasteiger charge is 2.33. The molecule has 2 aliphatic heterocycles. The summed E-state index contributed by atoms with van der Waals surface area (Å²) < 4.78 is 0. The van der Waals surface area contributed by atoms with E-state index >= 15 is 0 Å². The first-order valence-corrected chi connectivity index (χ1v) is 7.02. The SMILES string of the molecule is CCN(CC)C1CCN(C(=O)[C@@H]2CCCN2)C1. The molecule has 0 spiro atoms. The van der Waals surface area contributed by atoms with E-state index in [-0.39, 0.29) is 6.04 Å². The minimum absolute atomic E-state index is 0.102. The van der Waals surface area contributed by atoms with Crippen LogP contribution in [0, 0.1) is 0 Å². The molecule has 0 aromatic heterocycles. The number of hydrogen-bond acceptors (Lipinski definition) is 3. The van der Waals surface area contributed by atoms with Crippen LogP contribution in [0.4, 0.5) is 0 Å². The van der Waals surface area contributed by atoms with Crippen LogP contribution >= 0.6 is 0 Å². The molecule has 0 saturated carbocycles. The molecule has 1 N–H and O–H groups in total. The zero-order valence-electron chi connectivity index (χ0n) is 11.1. The monoisotopic (exact) mass is 239 g/mol. The minimum atomic E-state index is 0.102. The van der Waals surface area contributed by atoms with Crippen LogP contribution in [-0.4, -0.2) is 60.5 Å². The van der Waals surface area contributed by atoms with Crippen LogP contribution in [0.5, 0.6) is 0 Å². The number of amides is 1. The number of nitrogens with one attached hydrogen (secondary N) is 1. The number of carbonyl (C=O) groups is 1. The van der Waals surface area contributed by atoms with Crippen molar-refractivity contribution < 1.29 is 4.79 Å². The van der Waals surface area contributed by atoms with E-state index in [4.69, 9.17) is 0 Å². The van der Waals surface area contributed by atoms with Gasteiger partial charge in [-0.2, -0.15) is 0 Å². The van der Waals surface area contributed by atoms with Crippen LogP contribution in [0.3, 0.4) is 0 Å². The lowest BCUT2D eigenvalue weighted by molar-refractivity contribution is -0.132. The van der Waals surface area contributed by atoms with Gasteiger partial charge in [-0.05, 0) is 38.9 Å². The van der Waals surface area contributed by atoms with E-state index in [1.54, 1.807) is 0 Å². The van der Waals surface area contributed by atoms with Crippen molar-refractivity contribution in [2.75, 3.05) is 32.7 Å². The number of likely N-dealkylation sites (tertiary alicyclic amines) is 1. The van der Waals surface area contributed by atoms with Gasteiger partial charge in [-0.1, -0.05) is 13.8 Å². The molecule has 0 radical (unpaired) electrons. The zero-order valence-corrected chi connectivity index (χ0v) is 11.1. The summed E-state index contributed by atoms with van der Waals surface area (Å²) in [5, 5.41) is 3.30. The van der Waals surface area contributed by atoms with Crippen molar-refractivity contribution in [3.05, 3.63) is 0 Å². The summed E-state index contributed by atoms with van der Waals surface area (Å²) in [6.45, 7) is 9.45. The molecule has 0 bridgehead atoms. The number of likely N-dealkylation sites (N-methyl/N-ethyl adjacent to an activating group) is 1. The smallest absolute Gasteiger partial charge is 0.239 e. The van der Waals surface area contributed by atoms with Gasteiger partial charge in [0.05, 0.1) is 6.04 Å². The molecule has 0 aromatic rings. The van der Waals surface area contributed by atoms with Gasteiger partial charge in [0.1, 0.15) is 0 Å². The molecular formula is C13H25N3O. The van der Waals surface area contributed by atoms with Crippen LogP contribution in [0.15, 0.2) is 0 Å². The van der Waals surface area contributed by atoms with E-state index in [9.17, 15) is 4.79 Å². The molecule has 2 atom stereocenters. The summed E-state index contributed by atoms with van der Waals surface area (Å²) in [7, 11) is 0. The fourth-order valence-corrected chi connectivity index (χ4v) is 3.10. The fourth-order valence-electron chi connectivity index (χ4n) is 3.10. The largest absolute Gasteiger partial charge is 0.340 e. The summed E-state index contributed by atoms with van der Waals surface area (Å²) in [5.41, 5.74) is 0. The maximum atomic E-state index is 12.2. The molecule has 2 heterocycles. The van der Waals surface area contributed by atoms with Crippen molar-refractivity contribution in [2.45, 2.75) is 45.2 Å². The lowest BCUT2D eigenvalue weighted by Crippen LogP contribution is -2.44. The average Bonchev–Trinajstić information content (AvgIpc) is 3.01. The topological polar surface area (TPSA) is 35.6 Å². The van der Waals surface area contributed by atoms with E-state index in [1.165, 1.54) is 0 Å². The van der Waals surface area contributed by atoms with E-state index < -0.39 is 0 Å². The van der Waals surface area contributed by atoms with Gasteiger partial charge in [-0.25, -0.2) is 0 Å². The van der Waals surface area contributed by atoms with E-state index in [0.29, 0.717) is 11.9 Å². The molecule has 98 valence electrons. The standard InChI is InChI=1S/C13H25N3O/c1-3-15(4-2)11-7-9-16(10-11)13(17)12-6-5-8-14-12/h11-12,14H,3-10H2,1-2H3/t11?,12-/m0/s1. The predicted molar refractivity (Wildman–Crippen MR) is 68.9 cm³/mol. The highest BCUT2D eigenvalue weighted by atomic mass is 16.2. The van der Waals surface area contributed by atoms with Crippen LogP contribution in [-0.2, 0) is 4.79 Å². The third-order valence-corrected chi connectivity index (χ3v) is 4.16. The molecule has 2 saturated heterocycles. The predicted octanol–water partition coefficient (Wildman–Crippen LogP) is 0.681. The van der Waals surface area contributed by atoms with Gasteiger partial charge in [-0.3, -0.25) is 9.69 Å². The molecule has 0 aliphatic carbocycles. The molecule has 1 amide bonds. The molecule has 2 aliphatic rings. The molecule has 4 heteroatoms. The molecular weight excluding hydrogens is 214 g/mol. The normalized spacial score (nSPS) is 29.2. The van der Waals surface area contributed by atoms with Crippen LogP contribution in [0.1, 0.15) is 33.1 Å². The number of carbonyl (C=O) groups excluding carboxylic acids is 1. The number of rotatable bonds is 4. The Morgan fingerprint density at radius 3 is 2.71 bits per heavy atom. The van der Waals surface area contributed by atoms with E-state index in [0.717, 1.165) is 52.0 Å². The first-order chi connectivity index (χ1) is 8.26. The lowest BCUT2D eigenvalue weighted by Gasteiger charge is -2.26. The Labute approximate surface area is 104 Å². The Morgan fingerprint density at radius 2 is 2.12 bits per heavy atom.